The van der Waals surface area contributed by atoms with Crippen LogP contribution in [-0.4, -0.2) is 39.9 Å². The van der Waals surface area contributed by atoms with Gasteiger partial charge in [0.15, 0.2) is 5.78 Å². The summed E-state index contributed by atoms with van der Waals surface area (Å²) < 4.78 is 0. The molecule has 1 spiro atoms. The van der Waals surface area contributed by atoms with Gasteiger partial charge in [0.2, 0.25) is 0 Å². The Bertz CT molecular complexity index is 611. The highest BCUT2D eigenvalue weighted by Crippen LogP contribution is 2.66. The van der Waals surface area contributed by atoms with Crippen molar-refractivity contribution < 1.29 is 20.1 Å². The summed E-state index contributed by atoms with van der Waals surface area (Å²) in [6.07, 6.45) is 4.44. The van der Waals surface area contributed by atoms with Crippen LogP contribution < -0.4 is 0 Å². The standard InChI is InChI=1S/C19H26O4/c1-10-15(21)14-13(16(22)18(2,9-20)17(14)23)12(19(10)7-8-19)6-5-11-3-4-11/h11,14-15,17,20-21,23H,1,3-9H2,2H3. The third-order valence-corrected chi connectivity index (χ3v) is 6.88. The SMILES string of the molecule is C=C1C(O)C2C(=C(CCC3CC3)C13CC3)C(=O)C(C)(CO)C2O. The minimum absolute atomic E-state index is 0.166. The summed E-state index contributed by atoms with van der Waals surface area (Å²) in [6.45, 7) is 5.34. The smallest absolute Gasteiger partial charge is 0.170 e. The fraction of sp³-hybridized carbons (Fsp3) is 0.737. The fourth-order valence-electron chi connectivity index (χ4n) is 4.81. The van der Waals surface area contributed by atoms with Gasteiger partial charge in [-0.05, 0) is 44.1 Å². The van der Waals surface area contributed by atoms with E-state index in [1.807, 2.05) is 0 Å². The van der Waals surface area contributed by atoms with E-state index >= 15 is 0 Å². The van der Waals surface area contributed by atoms with E-state index in [9.17, 15) is 20.1 Å². The summed E-state index contributed by atoms with van der Waals surface area (Å²) in [5.41, 5.74) is 1.09. The largest absolute Gasteiger partial charge is 0.395 e. The molecule has 0 heterocycles. The van der Waals surface area contributed by atoms with Gasteiger partial charge in [0.1, 0.15) is 0 Å². The van der Waals surface area contributed by atoms with Gasteiger partial charge in [-0.25, -0.2) is 0 Å². The molecular formula is C19H26O4. The number of allylic oxidation sites excluding steroid dienone is 1. The zero-order chi connectivity index (χ0) is 16.6. The second-order valence-corrected chi connectivity index (χ2v) is 8.30. The van der Waals surface area contributed by atoms with Crippen LogP contribution in [0.4, 0.5) is 0 Å². The predicted octanol–water partition coefficient (Wildman–Crippen LogP) is 1.74. The summed E-state index contributed by atoms with van der Waals surface area (Å²) in [7, 11) is 0. The molecule has 3 N–H and O–H groups in total. The van der Waals surface area contributed by atoms with E-state index in [0.717, 1.165) is 42.7 Å². The maximum Gasteiger partial charge on any atom is 0.170 e. The van der Waals surface area contributed by atoms with Gasteiger partial charge in [0, 0.05) is 16.9 Å². The van der Waals surface area contributed by atoms with Crippen LogP contribution in [0.5, 0.6) is 0 Å². The van der Waals surface area contributed by atoms with Crippen LogP contribution in [0.15, 0.2) is 23.3 Å². The molecule has 126 valence electrons. The van der Waals surface area contributed by atoms with Gasteiger partial charge in [-0.2, -0.15) is 0 Å². The van der Waals surface area contributed by atoms with Crippen LogP contribution in [0.25, 0.3) is 0 Å². The van der Waals surface area contributed by atoms with Crippen LogP contribution >= 0.6 is 0 Å². The van der Waals surface area contributed by atoms with E-state index in [-0.39, 0.29) is 11.2 Å². The molecule has 4 heteroatoms. The molecule has 0 aromatic heterocycles. The second kappa shape index (κ2) is 4.78. The number of aliphatic hydroxyl groups is 3. The molecule has 0 saturated heterocycles. The van der Waals surface area contributed by atoms with Crippen LogP contribution in [-0.2, 0) is 4.79 Å². The summed E-state index contributed by atoms with van der Waals surface area (Å²) in [5.74, 6) is -0.0168. The number of fused-ring (bicyclic) bond motifs is 1. The lowest BCUT2D eigenvalue weighted by Crippen LogP contribution is -2.42. The lowest BCUT2D eigenvalue weighted by atomic mass is 9.69. The van der Waals surface area contributed by atoms with E-state index < -0.39 is 30.1 Å². The summed E-state index contributed by atoms with van der Waals surface area (Å²) in [4.78, 5) is 13.0. The molecule has 4 aliphatic carbocycles. The molecule has 4 rings (SSSR count). The molecule has 4 nitrogen and oxygen atoms in total. The van der Waals surface area contributed by atoms with Crippen molar-refractivity contribution in [2.24, 2.45) is 22.7 Å². The minimum atomic E-state index is -1.20. The van der Waals surface area contributed by atoms with E-state index in [2.05, 4.69) is 6.58 Å². The summed E-state index contributed by atoms with van der Waals surface area (Å²) >= 11 is 0. The number of carbonyl (C=O) groups is 1. The van der Waals surface area contributed by atoms with Crippen molar-refractivity contribution in [3.05, 3.63) is 23.3 Å². The molecule has 0 radical (unpaired) electrons. The van der Waals surface area contributed by atoms with E-state index in [1.165, 1.54) is 12.8 Å². The molecule has 3 fully saturated rings. The summed E-state index contributed by atoms with van der Waals surface area (Å²) in [5, 5.41) is 31.1. The average molecular weight is 318 g/mol. The van der Waals surface area contributed by atoms with Crippen LogP contribution in [0, 0.1) is 22.7 Å². The highest BCUT2D eigenvalue weighted by Gasteiger charge is 2.64. The first-order valence-electron chi connectivity index (χ1n) is 8.81. The van der Waals surface area contributed by atoms with Crippen LogP contribution in [0.2, 0.25) is 0 Å². The van der Waals surface area contributed by atoms with Crippen molar-refractivity contribution in [1.82, 2.24) is 0 Å². The quantitative estimate of drug-likeness (QED) is 0.690. The molecular weight excluding hydrogens is 292 g/mol. The van der Waals surface area contributed by atoms with E-state index in [0.29, 0.717) is 5.57 Å². The zero-order valence-corrected chi connectivity index (χ0v) is 13.7. The fourth-order valence-corrected chi connectivity index (χ4v) is 4.81. The maximum atomic E-state index is 13.0. The summed E-state index contributed by atoms with van der Waals surface area (Å²) in [6, 6.07) is 0. The highest BCUT2D eigenvalue weighted by atomic mass is 16.3. The van der Waals surface area contributed by atoms with Gasteiger partial charge in [-0.15, -0.1) is 0 Å². The Morgan fingerprint density at radius 1 is 1.26 bits per heavy atom. The number of hydrogen-bond acceptors (Lipinski definition) is 4. The number of hydrogen-bond donors (Lipinski definition) is 3. The molecule has 0 amide bonds. The Morgan fingerprint density at radius 2 is 1.91 bits per heavy atom. The topological polar surface area (TPSA) is 77.8 Å². The number of ketones is 1. The van der Waals surface area contributed by atoms with Gasteiger partial charge >= 0.3 is 0 Å². The Kier molecular flexibility index (Phi) is 3.23. The molecule has 0 bridgehead atoms. The third-order valence-electron chi connectivity index (χ3n) is 6.88. The number of carbonyl (C=O) groups excluding carboxylic acids is 1. The van der Waals surface area contributed by atoms with Gasteiger partial charge in [-0.3, -0.25) is 4.79 Å². The Labute approximate surface area is 136 Å². The Hall–Kier alpha value is -0.970. The van der Waals surface area contributed by atoms with E-state index in [4.69, 9.17) is 0 Å². The third kappa shape index (κ3) is 1.92. The van der Waals surface area contributed by atoms with E-state index in [1.54, 1.807) is 6.92 Å². The minimum Gasteiger partial charge on any atom is -0.395 e. The van der Waals surface area contributed by atoms with Crippen molar-refractivity contribution >= 4 is 5.78 Å². The molecule has 4 atom stereocenters. The molecule has 23 heavy (non-hydrogen) atoms. The first kappa shape index (κ1) is 15.6. The highest BCUT2D eigenvalue weighted by molar-refractivity contribution is 6.05. The predicted molar refractivity (Wildman–Crippen MR) is 85.5 cm³/mol. The molecule has 0 aromatic carbocycles. The molecule has 0 aliphatic heterocycles. The first-order chi connectivity index (χ1) is 10.9. The van der Waals surface area contributed by atoms with Crippen LogP contribution in [0.3, 0.4) is 0 Å². The van der Waals surface area contributed by atoms with Gasteiger partial charge in [-0.1, -0.05) is 25.0 Å². The van der Waals surface area contributed by atoms with Crippen LogP contribution in [0.1, 0.15) is 45.4 Å². The molecule has 3 saturated carbocycles. The number of Topliss-reactive ketones (excluding diaryl/α,β-unsaturated/α-hetero) is 1. The van der Waals surface area contributed by atoms with Crippen molar-refractivity contribution in [2.75, 3.05) is 6.61 Å². The van der Waals surface area contributed by atoms with Gasteiger partial charge in [0.05, 0.1) is 24.2 Å². The molecule has 4 aliphatic rings. The Morgan fingerprint density at radius 3 is 2.43 bits per heavy atom. The zero-order valence-electron chi connectivity index (χ0n) is 13.7. The van der Waals surface area contributed by atoms with Crippen molar-refractivity contribution in [3.8, 4) is 0 Å². The molecule has 4 unspecified atom stereocenters. The second-order valence-electron chi connectivity index (χ2n) is 8.30. The molecule has 0 aromatic rings. The van der Waals surface area contributed by atoms with Gasteiger partial charge in [0.25, 0.3) is 0 Å². The lowest BCUT2D eigenvalue weighted by molar-refractivity contribution is -0.129. The van der Waals surface area contributed by atoms with Gasteiger partial charge < -0.3 is 15.3 Å². The number of aliphatic hydroxyl groups excluding tert-OH is 3. The lowest BCUT2D eigenvalue weighted by Gasteiger charge is -2.38. The average Bonchev–Trinajstić information content (AvgIpc) is 3.44. The maximum absolute atomic E-state index is 13.0. The van der Waals surface area contributed by atoms with Crippen molar-refractivity contribution in [3.63, 3.8) is 0 Å². The normalized spacial score (nSPS) is 41.7. The first-order valence-corrected chi connectivity index (χ1v) is 8.81. The monoisotopic (exact) mass is 318 g/mol. The Balaban J connectivity index is 1.82. The number of rotatable bonds is 4. The van der Waals surface area contributed by atoms with Crippen molar-refractivity contribution in [1.29, 1.82) is 0 Å². The van der Waals surface area contributed by atoms with Crippen molar-refractivity contribution in [2.45, 2.75) is 57.7 Å².